The van der Waals surface area contributed by atoms with E-state index in [0.29, 0.717) is 11.6 Å². The van der Waals surface area contributed by atoms with Gasteiger partial charge in [-0.15, -0.1) is 10.2 Å². The summed E-state index contributed by atoms with van der Waals surface area (Å²) in [4.78, 5) is 9.14. The molecule has 28 heavy (non-hydrogen) atoms. The van der Waals surface area contributed by atoms with Gasteiger partial charge in [-0.3, -0.25) is 0 Å². The van der Waals surface area contributed by atoms with E-state index < -0.39 is 0 Å². The van der Waals surface area contributed by atoms with E-state index in [1.165, 1.54) is 18.6 Å². The minimum atomic E-state index is -0.272. The summed E-state index contributed by atoms with van der Waals surface area (Å²) < 4.78 is 13.4. The molecule has 5 nitrogen and oxygen atoms in total. The van der Waals surface area contributed by atoms with Gasteiger partial charge < -0.3 is 9.80 Å². The molecule has 0 radical (unpaired) electrons. The Bertz CT molecular complexity index is 932. The number of piperidine rings is 1. The summed E-state index contributed by atoms with van der Waals surface area (Å²) in [5.74, 6) is 0.392. The number of hydrogen-bond acceptors (Lipinski definition) is 5. The molecule has 144 valence electrons. The van der Waals surface area contributed by atoms with Gasteiger partial charge in [0, 0.05) is 44.0 Å². The maximum absolute atomic E-state index is 13.4. The van der Waals surface area contributed by atoms with Crippen molar-refractivity contribution in [3.05, 3.63) is 54.3 Å². The SMILES string of the molecule is CN(C)c1ccc(-c2nc(N3CCCCC3)nnc2-c2ccc(F)cc2)cc1. The highest BCUT2D eigenvalue weighted by atomic mass is 19.1. The minimum absolute atomic E-state index is 0.272. The van der Waals surface area contributed by atoms with Crippen LogP contribution in [0.5, 0.6) is 0 Å². The predicted octanol–water partition coefficient (Wildman–Crippen LogP) is 4.40. The summed E-state index contributed by atoms with van der Waals surface area (Å²) in [5.41, 5.74) is 4.33. The predicted molar refractivity (Wildman–Crippen MR) is 111 cm³/mol. The molecule has 0 bridgehead atoms. The molecule has 3 aromatic rings. The van der Waals surface area contributed by atoms with Crippen LogP contribution in [0.25, 0.3) is 22.5 Å². The van der Waals surface area contributed by atoms with Gasteiger partial charge in [0.25, 0.3) is 0 Å². The third kappa shape index (κ3) is 3.81. The largest absolute Gasteiger partial charge is 0.378 e. The van der Waals surface area contributed by atoms with Crippen molar-refractivity contribution in [2.24, 2.45) is 0 Å². The molecule has 1 aromatic heterocycles. The standard InChI is InChI=1S/C22H24FN5/c1-27(2)19-12-8-16(9-13-19)20-21(17-6-10-18(23)11-7-17)25-26-22(24-20)28-14-4-3-5-15-28/h6-13H,3-5,14-15H2,1-2H3. The summed E-state index contributed by atoms with van der Waals surface area (Å²) in [6.45, 7) is 1.91. The first kappa shape index (κ1) is 18.3. The Hall–Kier alpha value is -3.02. The van der Waals surface area contributed by atoms with Crippen LogP contribution in [-0.2, 0) is 0 Å². The second-order valence-electron chi connectivity index (χ2n) is 7.30. The van der Waals surface area contributed by atoms with Crippen molar-refractivity contribution < 1.29 is 4.39 Å². The average molecular weight is 377 g/mol. The number of halogens is 1. The molecule has 0 saturated carbocycles. The molecule has 0 N–H and O–H groups in total. The van der Waals surface area contributed by atoms with Crippen molar-refractivity contribution in [3.8, 4) is 22.5 Å². The molecule has 0 unspecified atom stereocenters. The Kier molecular flexibility index (Phi) is 5.19. The van der Waals surface area contributed by atoms with E-state index in [1.807, 2.05) is 26.2 Å². The summed E-state index contributed by atoms with van der Waals surface area (Å²) >= 11 is 0. The van der Waals surface area contributed by atoms with Gasteiger partial charge in [-0.25, -0.2) is 9.37 Å². The Morgan fingerprint density at radius 1 is 0.786 bits per heavy atom. The highest BCUT2D eigenvalue weighted by Gasteiger charge is 2.19. The van der Waals surface area contributed by atoms with Gasteiger partial charge >= 0.3 is 0 Å². The second-order valence-corrected chi connectivity index (χ2v) is 7.30. The van der Waals surface area contributed by atoms with E-state index in [2.05, 4.69) is 32.1 Å². The Balaban J connectivity index is 1.79. The molecular formula is C22H24FN5. The van der Waals surface area contributed by atoms with E-state index in [0.717, 1.165) is 48.4 Å². The topological polar surface area (TPSA) is 45.2 Å². The number of hydrogen-bond donors (Lipinski definition) is 0. The van der Waals surface area contributed by atoms with Crippen LogP contribution in [0.15, 0.2) is 48.5 Å². The van der Waals surface area contributed by atoms with E-state index in [-0.39, 0.29) is 5.82 Å². The summed E-state index contributed by atoms with van der Waals surface area (Å²) in [6, 6.07) is 14.5. The first-order chi connectivity index (χ1) is 13.6. The van der Waals surface area contributed by atoms with Crippen molar-refractivity contribution in [1.82, 2.24) is 15.2 Å². The van der Waals surface area contributed by atoms with Crippen LogP contribution >= 0.6 is 0 Å². The molecule has 0 atom stereocenters. The third-order valence-electron chi connectivity index (χ3n) is 5.09. The van der Waals surface area contributed by atoms with Gasteiger partial charge in [0.05, 0.1) is 0 Å². The monoisotopic (exact) mass is 377 g/mol. The normalized spacial score (nSPS) is 14.2. The fraction of sp³-hybridized carbons (Fsp3) is 0.318. The zero-order valence-electron chi connectivity index (χ0n) is 16.3. The number of nitrogens with zero attached hydrogens (tertiary/aromatic N) is 5. The van der Waals surface area contributed by atoms with E-state index in [1.54, 1.807) is 12.1 Å². The first-order valence-corrected chi connectivity index (χ1v) is 9.65. The zero-order chi connectivity index (χ0) is 19.5. The second kappa shape index (κ2) is 7.92. The molecule has 4 rings (SSSR count). The number of aromatic nitrogens is 3. The van der Waals surface area contributed by atoms with Crippen LogP contribution in [0.2, 0.25) is 0 Å². The Morgan fingerprint density at radius 2 is 1.39 bits per heavy atom. The van der Waals surface area contributed by atoms with Crippen molar-refractivity contribution >= 4 is 11.6 Å². The van der Waals surface area contributed by atoms with Crippen molar-refractivity contribution in [3.63, 3.8) is 0 Å². The molecule has 2 heterocycles. The maximum Gasteiger partial charge on any atom is 0.245 e. The Morgan fingerprint density at radius 3 is 2.04 bits per heavy atom. The fourth-order valence-electron chi connectivity index (χ4n) is 3.47. The first-order valence-electron chi connectivity index (χ1n) is 9.65. The molecule has 1 aliphatic rings. The van der Waals surface area contributed by atoms with E-state index in [4.69, 9.17) is 4.98 Å². The van der Waals surface area contributed by atoms with Crippen molar-refractivity contribution in [2.45, 2.75) is 19.3 Å². The van der Waals surface area contributed by atoms with Gasteiger partial charge in [-0.1, -0.05) is 12.1 Å². The van der Waals surface area contributed by atoms with E-state index >= 15 is 0 Å². The van der Waals surface area contributed by atoms with E-state index in [9.17, 15) is 4.39 Å². The quantitative estimate of drug-likeness (QED) is 0.674. The number of rotatable bonds is 4. The highest BCUT2D eigenvalue weighted by molar-refractivity contribution is 5.78. The lowest BCUT2D eigenvalue weighted by Crippen LogP contribution is -2.31. The van der Waals surface area contributed by atoms with Crippen LogP contribution in [-0.4, -0.2) is 42.4 Å². The smallest absolute Gasteiger partial charge is 0.245 e. The van der Waals surface area contributed by atoms with Crippen LogP contribution in [0, 0.1) is 5.82 Å². The molecule has 0 amide bonds. The molecule has 1 saturated heterocycles. The highest BCUT2D eigenvalue weighted by Crippen LogP contribution is 2.31. The lowest BCUT2D eigenvalue weighted by Gasteiger charge is -2.26. The summed E-state index contributed by atoms with van der Waals surface area (Å²) in [6.07, 6.45) is 3.54. The minimum Gasteiger partial charge on any atom is -0.378 e. The van der Waals surface area contributed by atoms with Gasteiger partial charge in [0.1, 0.15) is 17.2 Å². The van der Waals surface area contributed by atoms with Crippen LogP contribution < -0.4 is 9.80 Å². The average Bonchev–Trinajstić information content (AvgIpc) is 2.75. The van der Waals surface area contributed by atoms with Gasteiger partial charge in [-0.2, -0.15) is 0 Å². The number of anilines is 2. The molecule has 6 heteroatoms. The molecular weight excluding hydrogens is 353 g/mol. The van der Waals surface area contributed by atoms with Crippen LogP contribution in [0.4, 0.5) is 16.0 Å². The fourth-order valence-corrected chi connectivity index (χ4v) is 3.47. The summed E-state index contributed by atoms with van der Waals surface area (Å²) in [5, 5.41) is 8.90. The van der Waals surface area contributed by atoms with Crippen LogP contribution in [0.3, 0.4) is 0 Å². The maximum atomic E-state index is 13.4. The lowest BCUT2D eigenvalue weighted by molar-refractivity contribution is 0.565. The molecule has 1 fully saturated rings. The van der Waals surface area contributed by atoms with Crippen molar-refractivity contribution in [1.29, 1.82) is 0 Å². The molecule has 1 aliphatic heterocycles. The lowest BCUT2D eigenvalue weighted by atomic mass is 10.0. The van der Waals surface area contributed by atoms with Gasteiger partial charge in [0.2, 0.25) is 5.95 Å². The Labute approximate surface area is 164 Å². The zero-order valence-corrected chi connectivity index (χ0v) is 16.3. The van der Waals surface area contributed by atoms with Crippen molar-refractivity contribution in [2.75, 3.05) is 37.0 Å². The molecule has 0 spiro atoms. The van der Waals surface area contributed by atoms with Gasteiger partial charge in [-0.05, 0) is 55.7 Å². The molecule has 2 aromatic carbocycles. The number of benzene rings is 2. The molecule has 0 aliphatic carbocycles. The van der Waals surface area contributed by atoms with Gasteiger partial charge in [0.15, 0.2) is 0 Å². The van der Waals surface area contributed by atoms with Crippen LogP contribution in [0.1, 0.15) is 19.3 Å². The summed E-state index contributed by atoms with van der Waals surface area (Å²) in [7, 11) is 4.03. The third-order valence-corrected chi connectivity index (χ3v) is 5.09.